The number of carbonyl (C=O) groups excluding carboxylic acids is 1. The molecule has 0 aromatic heterocycles. The highest BCUT2D eigenvalue weighted by Crippen LogP contribution is 2.14. The molecule has 8 heteroatoms. The molecule has 0 aliphatic carbocycles. The first-order chi connectivity index (χ1) is 13.7. The lowest BCUT2D eigenvalue weighted by Crippen LogP contribution is -2.44. The second-order valence-electron chi connectivity index (χ2n) is 7.13. The zero-order valence-corrected chi connectivity index (χ0v) is 16.7. The highest BCUT2D eigenvalue weighted by molar-refractivity contribution is 5.89. The fraction of sp³-hybridized carbons (Fsp3) is 0.600. The van der Waals surface area contributed by atoms with Crippen molar-refractivity contribution in [2.45, 2.75) is 19.4 Å². The first kappa shape index (κ1) is 20.4. The van der Waals surface area contributed by atoms with Gasteiger partial charge in [-0.05, 0) is 30.5 Å². The highest BCUT2D eigenvalue weighted by atomic mass is 16.5. The molecule has 2 fully saturated rings. The van der Waals surface area contributed by atoms with Crippen LogP contribution in [0, 0.1) is 0 Å². The Balaban J connectivity index is 1.41. The Morgan fingerprint density at radius 2 is 1.93 bits per heavy atom. The van der Waals surface area contributed by atoms with Crippen molar-refractivity contribution in [1.29, 1.82) is 0 Å². The molecular formula is C20H32N6O2. The summed E-state index contributed by atoms with van der Waals surface area (Å²) < 4.78 is 5.37. The number of amides is 2. The number of likely N-dealkylation sites (tertiary alicyclic amines) is 1. The maximum atomic E-state index is 12.2. The van der Waals surface area contributed by atoms with Crippen LogP contribution in [0.15, 0.2) is 29.3 Å². The predicted octanol–water partition coefficient (Wildman–Crippen LogP) is 1.31. The smallest absolute Gasteiger partial charge is 0.321 e. The average Bonchev–Trinajstić information content (AvgIpc) is 3.27. The fourth-order valence-electron chi connectivity index (χ4n) is 3.45. The number of nitrogens with zero attached hydrogens (tertiary/aromatic N) is 3. The maximum Gasteiger partial charge on any atom is 0.321 e. The molecule has 2 aliphatic heterocycles. The predicted molar refractivity (Wildman–Crippen MR) is 112 cm³/mol. The third-order valence-electron chi connectivity index (χ3n) is 5.08. The lowest BCUT2D eigenvalue weighted by atomic mass is 10.2. The van der Waals surface area contributed by atoms with Crippen LogP contribution in [-0.2, 0) is 11.3 Å². The Morgan fingerprint density at radius 3 is 2.68 bits per heavy atom. The van der Waals surface area contributed by atoms with Crippen molar-refractivity contribution >= 4 is 17.7 Å². The minimum absolute atomic E-state index is 0.0109. The number of anilines is 1. The van der Waals surface area contributed by atoms with Gasteiger partial charge in [-0.1, -0.05) is 12.1 Å². The Hall–Kier alpha value is -2.32. The molecule has 0 spiro atoms. The lowest BCUT2D eigenvalue weighted by molar-refractivity contribution is 0.0389. The van der Waals surface area contributed by atoms with E-state index in [-0.39, 0.29) is 6.03 Å². The van der Waals surface area contributed by atoms with Crippen molar-refractivity contribution in [2.75, 3.05) is 64.8 Å². The van der Waals surface area contributed by atoms with Gasteiger partial charge in [0.1, 0.15) is 0 Å². The summed E-state index contributed by atoms with van der Waals surface area (Å²) in [6.07, 6.45) is 2.18. The summed E-state index contributed by atoms with van der Waals surface area (Å²) >= 11 is 0. The largest absolute Gasteiger partial charge is 0.379 e. The Labute approximate surface area is 167 Å². The van der Waals surface area contributed by atoms with E-state index in [0.29, 0.717) is 6.54 Å². The number of hydrogen-bond donors (Lipinski definition) is 3. The molecule has 1 aromatic carbocycles. The second-order valence-corrected chi connectivity index (χ2v) is 7.13. The molecule has 8 nitrogen and oxygen atoms in total. The molecular weight excluding hydrogens is 356 g/mol. The minimum Gasteiger partial charge on any atom is -0.379 e. The number of benzene rings is 1. The van der Waals surface area contributed by atoms with Gasteiger partial charge >= 0.3 is 6.03 Å². The Kier molecular flexibility index (Phi) is 7.93. The van der Waals surface area contributed by atoms with E-state index in [1.54, 1.807) is 7.05 Å². The third kappa shape index (κ3) is 6.38. The van der Waals surface area contributed by atoms with E-state index in [9.17, 15) is 4.79 Å². The van der Waals surface area contributed by atoms with Gasteiger partial charge in [0.2, 0.25) is 0 Å². The molecule has 2 amide bonds. The number of urea groups is 1. The number of ether oxygens (including phenoxy) is 1. The number of guanidine groups is 1. The van der Waals surface area contributed by atoms with Crippen molar-refractivity contribution in [1.82, 2.24) is 20.4 Å². The molecule has 2 aliphatic rings. The number of hydrogen-bond acceptors (Lipinski definition) is 4. The van der Waals surface area contributed by atoms with Gasteiger partial charge < -0.3 is 25.6 Å². The van der Waals surface area contributed by atoms with Gasteiger partial charge in [0.05, 0.1) is 13.2 Å². The van der Waals surface area contributed by atoms with Gasteiger partial charge in [-0.3, -0.25) is 9.89 Å². The number of nitrogens with one attached hydrogen (secondary N) is 3. The van der Waals surface area contributed by atoms with Crippen LogP contribution in [0.4, 0.5) is 10.5 Å². The van der Waals surface area contributed by atoms with Crippen LogP contribution < -0.4 is 16.0 Å². The van der Waals surface area contributed by atoms with Crippen LogP contribution >= 0.6 is 0 Å². The van der Waals surface area contributed by atoms with E-state index >= 15 is 0 Å². The molecule has 2 saturated heterocycles. The van der Waals surface area contributed by atoms with Crippen molar-refractivity contribution in [3.8, 4) is 0 Å². The molecule has 0 saturated carbocycles. The van der Waals surface area contributed by atoms with Crippen molar-refractivity contribution < 1.29 is 9.53 Å². The SMILES string of the molecule is CN=C(NCCN1CCOCC1)NCc1cccc(NC(=O)N2CCCC2)c1. The molecule has 0 radical (unpaired) electrons. The van der Waals surface area contributed by atoms with Gasteiger partial charge in [0.15, 0.2) is 5.96 Å². The van der Waals surface area contributed by atoms with Gasteiger partial charge in [-0.25, -0.2) is 4.79 Å². The topological polar surface area (TPSA) is 81.2 Å². The standard InChI is InChI=1S/C20H32N6O2/c1-21-19(22-7-10-25-11-13-28-14-12-25)23-16-17-5-4-6-18(15-17)24-20(27)26-8-2-3-9-26/h4-6,15H,2-3,7-14,16H2,1H3,(H,24,27)(H2,21,22,23). The molecule has 1 aromatic rings. The number of aliphatic imine (C=N–C) groups is 1. The molecule has 0 unspecified atom stereocenters. The first-order valence-corrected chi connectivity index (χ1v) is 10.1. The summed E-state index contributed by atoms with van der Waals surface area (Å²) in [4.78, 5) is 20.8. The van der Waals surface area contributed by atoms with E-state index in [1.807, 2.05) is 29.2 Å². The molecule has 2 heterocycles. The highest BCUT2D eigenvalue weighted by Gasteiger charge is 2.17. The number of morpholine rings is 1. The summed E-state index contributed by atoms with van der Waals surface area (Å²) in [6, 6.07) is 7.92. The van der Waals surface area contributed by atoms with E-state index < -0.39 is 0 Å². The van der Waals surface area contributed by atoms with Gasteiger partial charge in [-0.2, -0.15) is 0 Å². The molecule has 0 atom stereocenters. The number of carbonyl (C=O) groups is 1. The van der Waals surface area contributed by atoms with E-state index in [1.165, 1.54) is 0 Å². The van der Waals surface area contributed by atoms with Crippen LogP contribution in [0.2, 0.25) is 0 Å². The molecule has 0 bridgehead atoms. The Morgan fingerprint density at radius 1 is 1.14 bits per heavy atom. The molecule has 3 rings (SSSR count). The van der Waals surface area contributed by atoms with Crippen molar-refractivity contribution in [3.63, 3.8) is 0 Å². The van der Waals surface area contributed by atoms with E-state index in [4.69, 9.17) is 4.74 Å². The zero-order valence-electron chi connectivity index (χ0n) is 16.7. The maximum absolute atomic E-state index is 12.2. The number of rotatable bonds is 6. The van der Waals surface area contributed by atoms with Crippen LogP contribution in [-0.4, -0.2) is 81.3 Å². The van der Waals surface area contributed by atoms with Crippen LogP contribution in [0.3, 0.4) is 0 Å². The molecule has 154 valence electrons. The fourth-order valence-corrected chi connectivity index (χ4v) is 3.45. The summed E-state index contributed by atoms with van der Waals surface area (Å²) in [5.74, 6) is 0.778. The molecule has 3 N–H and O–H groups in total. The lowest BCUT2D eigenvalue weighted by Gasteiger charge is -2.26. The summed E-state index contributed by atoms with van der Waals surface area (Å²) in [5.41, 5.74) is 1.92. The van der Waals surface area contributed by atoms with Gasteiger partial charge in [0, 0.05) is 58.5 Å². The quantitative estimate of drug-likeness (QED) is 0.506. The Bertz CT molecular complexity index is 654. The van der Waals surface area contributed by atoms with Crippen molar-refractivity contribution in [2.24, 2.45) is 4.99 Å². The zero-order chi connectivity index (χ0) is 19.6. The van der Waals surface area contributed by atoms with Crippen LogP contribution in [0.25, 0.3) is 0 Å². The van der Waals surface area contributed by atoms with Crippen LogP contribution in [0.5, 0.6) is 0 Å². The summed E-state index contributed by atoms with van der Waals surface area (Å²) in [5, 5.41) is 9.68. The third-order valence-corrected chi connectivity index (χ3v) is 5.08. The molecule has 28 heavy (non-hydrogen) atoms. The van der Waals surface area contributed by atoms with E-state index in [0.717, 1.165) is 82.5 Å². The average molecular weight is 389 g/mol. The van der Waals surface area contributed by atoms with Gasteiger partial charge in [0.25, 0.3) is 0 Å². The minimum atomic E-state index is -0.0109. The van der Waals surface area contributed by atoms with E-state index in [2.05, 4.69) is 25.8 Å². The van der Waals surface area contributed by atoms with Crippen LogP contribution in [0.1, 0.15) is 18.4 Å². The normalized spacial score (nSPS) is 18.2. The monoisotopic (exact) mass is 388 g/mol. The first-order valence-electron chi connectivity index (χ1n) is 10.1. The van der Waals surface area contributed by atoms with Crippen molar-refractivity contribution in [3.05, 3.63) is 29.8 Å². The second kappa shape index (κ2) is 10.9. The summed E-state index contributed by atoms with van der Waals surface area (Å²) in [6.45, 7) is 7.76. The van der Waals surface area contributed by atoms with Gasteiger partial charge in [-0.15, -0.1) is 0 Å². The summed E-state index contributed by atoms with van der Waals surface area (Å²) in [7, 11) is 1.77.